The second-order valence-corrected chi connectivity index (χ2v) is 9.40. The molecular formula is C21H28N2S. The summed E-state index contributed by atoms with van der Waals surface area (Å²) in [5.74, 6) is 0. The molecule has 0 bridgehead atoms. The van der Waals surface area contributed by atoms with Gasteiger partial charge in [0.15, 0.2) is 0 Å². The second kappa shape index (κ2) is 7.71. The van der Waals surface area contributed by atoms with Crippen LogP contribution in [0.3, 0.4) is 0 Å². The highest BCUT2D eigenvalue weighted by atomic mass is 32.2. The van der Waals surface area contributed by atoms with Crippen LogP contribution in [0.4, 0.5) is 0 Å². The molecule has 0 amide bonds. The Balaban J connectivity index is 1.85. The first-order valence-electron chi connectivity index (χ1n) is 8.95. The van der Waals surface area contributed by atoms with Gasteiger partial charge in [-0.3, -0.25) is 4.90 Å². The summed E-state index contributed by atoms with van der Waals surface area (Å²) in [6.45, 7) is 8.99. The number of nitrogens with zero attached hydrogens (tertiary/aromatic N) is 2. The van der Waals surface area contributed by atoms with E-state index in [1.165, 1.54) is 42.0 Å². The van der Waals surface area contributed by atoms with E-state index in [4.69, 9.17) is 4.98 Å². The number of piperidine rings is 1. The van der Waals surface area contributed by atoms with E-state index in [-0.39, 0.29) is 4.75 Å². The first-order chi connectivity index (χ1) is 11.5. The van der Waals surface area contributed by atoms with Crippen molar-refractivity contribution in [2.75, 3.05) is 6.54 Å². The van der Waals surface area contributed by atoms with Crippen LogP contribution in [0.15, 0.2) is 53.7 Å². The zero-order valence-corrected chi connectivity index (χ0v) is 15.9. The molecule has 1 aliphatic rings. The Hall–Kier alpha value is -1.32. The number of aromatic nitrogens is 1. The number of rotatable bonds is 4. The van der Waals surface area contributed by atoms with Gasteiger partial charge in [-0.15, -0.1) is 11.8 Å². The molecule has 0 N–H and O–H groups in total. The number of likely N-dealkylation sites (tertiary alicyclic amines) is 1. The van der Waals surface area contributed by atoms with Gasteiger partial charge in [0.1, 0.15) is 5.03 Å². The second-order valence-electron chi connectivity index (χ2n) is 7.58. The molecule has 128 valence electrons. The third kappa shape index (κ3) is 4.61. The van der Waals surface area contributed by atoms with E-state index in [0.717, 1.165) is 6.54 Å². The summed E-state index contributed by atoms with van der Waals surface area (Å²) in [4.78, 5) is 7.36. The number of hydrogen-bond donors (Lipinski definition) is 0. The summed E-state index contributed by atoms with van der Waals surface area (Å²) in [6, 6.07) is 15.7. The molecule has 24 heavy (non-hydrogen) atoms. The Morgan fingerprint density at radius 2 is 1.88 bits per heavy atom. The fraction of sp³-hybridized carbons (Fsp3) is 0.476. The van der Waals surface area contributed by atoms with Crippen molar-refractivity contribution in [1.82, 2.24) is 9.88 Å². The highest BCUT2D eigenvalue weighted by Gasteiger charge is 2.27. The molecule has 1 unspecified atom stereocenters. The summed E-state index contributed by atoms with van der Waals surface area (Å²) in [5, 5.41) is 1.20. The largest absolute Gasteiger partial charge is 0.292 e. The monoisotopic (exact) mass is 340 g/mol. The fourth-order valence-corrected chi connectivity index (χ4v) is 4.40. The summed E-state index contributed by atoms with van der Waals surface area (Å²) in [7, 11) is 0. The lowest BCUT2D eigenvalue weighted by Crippen LogP contribution is -2.33. The van der Waals surface area contributed by atoms with Gasteiger partial charge in [0.05, 0.1) is 0 Å². The molecule has 1 aromatic heterocycles. The van der Waals surface area contributed by atoms with Crippen molar-refractivity contribution < 1.29 is 0 Å². The Labute approximate surface area is 150 Å². The van der Waals surface area contributed by atoms with Crippen LogP contribution in [0.25, 0.3) is 0 Å². The molecule has 1 fully saturated rings. The van der Waals surface area contributed by atoms with Gasteiger partial charge in [-0.25, -0.2) is 4.98 Å². The van der Waals surface area contributed by atoms with Crippen molar-refractivity contribution in [2.24, 2.45) is 0 Å². The molecule has 2 aromatic rings. The molecule has 3 rings (SSSR count). The first kappa shape index (κ1) is 17.5. The van der Waals surface area contributed by atoms with Crippen molar-refractivity contribution in [3.05, 3.63) is 59.8 Å². The molecule has 0 saturated carbocycles. The lowest BCUT2D eigenvalue weighted by Gasteiger charge is -2.37. The van der Waals surface area contributed by atoms with Crippen LogP contribution in [0.2, 0.25) is 0 Å². The minimum atomic E-state index is 0.183. The number of benzene rings is 1. The molecule has 1 saturated heterocycles. The average Bonchev–Trinajstić information content (AvgIpc) is 2.56. The average molecular weight is 341 g/mol. The maximum absolute atomic E-state index is 4.72. The van der Waals surface area contributed by atoms with Crippen molar-refractivity contribution in [3.63, 3.8) is 0 Å². The number of hydrogen-bond acceptors (Lipinski definition) is 3. The van der Waals surface area contributed by atoms with Gasteiger partial charge >= 0.3 is 0 Å². The number of thioether (sulfide) groups is 1. The van der Waals surface area contributed by atoms with Gasteiger partial charge in [-0.2, -0.15) is 0 Å². The standard InChI is InChI=1S/C21H28N2S/c1-21(2,3)24-20-18(12-9-14-22-20)19-13-7-8-15-23(19)16-17-10-5-4-6-11-17/h4-6,9-12,14,19H,7-8,13,15-16H2,1-3H3. The van der Waals surface area contributed by atoms with Crippen LogP contribution in [-0.2, 0) is 6.54 Å². The van der Waals surface area contributed by atoms with E-state index in [2.05, 4.69) is 68.1 Å². The predicted molar refractivity (Wildman–Crippen MR) is 103 cm³/mol. The van der Waals surface area contributed by atoms with Crippen LogP contribution >= 0.6 is 11.8 Å². The zero-order chi connectivity index (χ0) is 17.0. The smallest absolute Gasteiger partial charge is 0.101 e. The maximum atomic E-state index is 4.72. The Morgan fingerprint density at radius 1 is 1.08 bits per heavy atom. The van der Waals surface area contributed by atoms with Crippen LogP contribution in [0, 0.1) is 0 Å². The fourth-order valence-electron chi connectivity index (χ4n) is 3.38. The van der Waals surface area contributed by atoms with E-state index >= 15 is 0 Å². The SMILES string of the molecule is CC(C)(C)Sc1ncccc1C1CCCCN1Cc1ccccc1. The third-order valence-corrected chi connectivity index (χ3v) is 5.55. The van der Waals surface area contributed by atoms with Crippen molar-refractivity contribution >= 4 is 11.8 Å². The molecule has 1 atom stereocenters. The Morgan fingerprint density at radius 3 is 2.62 bits per heavy atom. The molecule has 2 nitrogen and oxygen atoms in total. The van der Waals surface area contributed by atoms with Crippen LogP contribution < -0.4 is 0 Å². The summed E-state index contributed by atoms with van der Waals surface area (Å²) in [5.41, 5.74) is 2.81. The van der Waals surface area contributed by atoms with E-state index < -0.39 is 0 Å². The Kier molecular flexibility index (Phi) is 5.62. The molecule has 0 radical (unpaired) electrons. The molecule has 1 aliphatic heterocycles. The Bertz CT molecular complexity index is 648. The summed E-state index contributed by atoms with van der Waals surface area (Å²) in [6.07, 6.45) is 5.77. The minimum absolute atomic E-state index is 0.183. The first-order valence-corrected chi connectivity index (χ1v) is 9.76. The molecular weight excluding hydrogens is 312 g/mol. The van der Waals surface area contributed by atoms with Crippen molar-refractivity contribution in [2.45, 2.75) is 62.4 Å². The van der Waals surface area contributed by atoms with Crippen LogP contribution in [0.1, 0.15) is 57.2 Å². The predicted octanol–water partition coefficient (Wildman–Crippen LogP) is 5.70. The highest BCUT2D eigenvalue weighted by Crippen LogP contribution is 2.40. The lowest BCUT2D eigenvalue weighted by molar-refractivity contribution is 0.138. The maximum Gasteiger partial charge on any atom is 0.101 e. The summed E-state index contributed by atoms with van der Waals surface area (Å²) >= 11 is 1.89. The normalized spacial score (nSPS) is 19.4. The molecule has 0 aliphatic carbocycles. The minimum Gasteiger partial charge on any atom is -0.292 e. The third-order valence-electron chi connectivity index (χ3n) is 4.40. The lowest BCUT2D eigenvalue weighted by atomic mass is 9.95. The van der Waals surface area contributed by atoms with Gasteiger partial charge in [0.25, 0.3) is 0 Å². The van der Waals surface area contributed by atoms with Gasteiger partial charge in [-0.1, -0.05) is 63.6 Å². The molecule has 2 heterocycles. The van der Waals surface area contributed by atoms with Gasteiger partial charge in [0, 0.05) is 29.1 Å². The van der Waals surface area contributed by atoms with Crippen molar-refractivity contribution in [3.8, 4) is 0 Å². The molecule has 0 spiro atoms. The van der Waals surface area contributed by atoms with Crippen molar-refractivity contribution in [1.29, 1.82) is 0 Å². The van der Waals surface area contributed by atoms with Crippen LogP contribution in [-0.4, -0.2) is 21.2 Å². The quantitative estimate of drug-likeness (QED) is 0.664. The topological polar surface area (TPSA) is 16.1 Å². The van der Waals surface area contributed by atoms with E-state index in [1.807, 2.05) is 18.0 Å². The molecule has 1 aromatic carbocycles. The number of pyridine rings is 1. The van der Waals surface area contributed by atoms with Crippen LogP contribution in [0.5, 0.6) is 0 Å². The zero-order valence-electron chi connectivity index (χ0n) is 15.0. The molecule has 3 heteroatoms. The van der Waals surface area contributed by atoms with E-state index in [1.54, 1.807) is 0 Å². The summed E-state index contributed by atoms with van der Waals surface area (Å²) < 4.78 is 0.183. The highest BCUT2D eigenvalue weighted by molar-refractivity contribution is 8.00. The van der Waals surface area contributed by atoms with Gasteiger partial charge < -0.3 is 0 Å². The van der Waals surface area contributed by atoms with Gasteiger partial charge in [0.2, 0.25) is 0 Å². The van der Waals surface area contributed by atoms with E-state index in [9.17, 15) is 0 Å². The van der Waals surface area contributed by atoms with E-state index in [0.29, 0.717) is 6.04 Å². The van der Waals surface area contributed by atoms with Gasteiger partial charge in [-0.05, 0) is 31.0 Å².